The van der Waals surface area contributed by atoms with Gasteiger partial charge in [0.05, 0.1) is 13.2 Å². The van der Waals surface area contributed by atoms with Gasteiger partial charge in [0.25, 0.3) is 0 Å². The number of hydrogen-bond acceptors (Lipinski definition) is 6. The Kier molecular flexibility index (Phi) is 22.9. The lowest BCUT2D eigenvalue weighted by molar-refractivity contribution is -0.697. The smallest absolute Gasteiger partial charge is 0.323 e. The van der Waals surface area contributed by atoms with E-state index in [1.165, 1.54) is 94.8 Å². The van der Waals surface area contributed by atoms with Crippen molar-refractivity contribution < 1.29 is 39.3 Å². The third-order valence-corrected chi connectivity index (χ3v) is 7.76. The fourth-order valence-corrected chi connectivity index (χ4v) is 5.33. The number of benzene rings is 1. The highest BCUT2D eigenvalue weighted by Crippen LogP contribution is 2.29. The number of carbonyl (C=O) groups is 2. The van der Waals surface area contributed by atoms with Crippen LogP contribution in [0.2, 0.25) is 0 Å². The van der Waals surface area contributed by atoms with Crippen molar-refractivity contribution in [3.8, 4) is 11.5 Å². The first-order chi connectivity index (χ1) is 21.5. The number of rotatable bonds is 28. The maximum atomic E-state index is 11.4. The van der Waals surface area contributed by atoms with Gasteiger partial charge >= 0.3 is 11.9 Å². The van der Waals surface area contributed by atoms with Gasteiger partial charge in [0.1, 0.15) is 24.6 Å². The van der Waals surface area contributed by atoms with Crippen LogP contribution in [0.25, 0.3) is 0 Å². The summed E-state index contributed by atoms with van der Waals surface area (Å²) in [7, 11) is 0. The second-order valence-electron chi connectivity index (χ2n) is 11.8. The summed E-state index contributed by atoms with van der Waals surface area (Å²) in [5.74, 6) is -1.12. The van der Waals surface area contributed by atoms with Crippen LogP contribution < -0.4 is 18.9 Å². The van der Waals surface area contributed by atoms with E-state index in [9.17, 15) is 19.8 Å². The molecule has 0 aliphatic heterocycles. The molecule has 254 valence electrons. The van der Waals surface area contributed by atoms with Crippen molar-refractivity contribution >= 4 is 17.6 Å². The molecule has 1 heterocycles. The minimum Gasteiger partial charge on any atom is -0.870 e. The minimum atomic E-state index is -1.10. The predicted octanol–water partition coefficient (Wildman–Crippen LogP) is 7.88. The topological polar surface area (TPSA) is 130 Å². The highest BCUT2D eigenvalue weighted by Gasteiger charge is 2.17. The molecule has 0 bridgehead atoms. The van der Waals surface area contributed by atoms with Crippen LogP contribution in [0.5, 0.6) is 11.5 Å². The quantitative estimate of drug-likeness (QED) is 0.0717. The molecule has 2 aromatic rings. The number of aromatic nitrogens is 1. The van der Waals surface area contributed by atoms with Gasteiger partial charge in [-0.05, 0) is 6.42 Å². The zero-order valence-corrected chi connectivity index (χ0v) is 27.5. The summed E-state index contributed by atoms with van der Waals surface area (Å²) in [5, 5.41) is 18.7. The van der Waals surface area contributed by atoms with Gasteiger partial charge in [0.2, 0.25) is 0 Å². The highest BCUT2D eigenvalue weighted by molar-refractivity contribution is 5.80. The molecule has 0 fully saturated rings. The molecule has 0 saturated heterocycles. The van der Waals surface area contributed by atoms with Crippen LogP contribution >= 0.6 is 0 Å². The van der Waals surface area contributed by atoms with Crippen LogP contribution in [0.1, 0.15) is 116 Å². The van der Waals surface area contributed by atoms with Gasteiger partial charge in [-0.1, -0.05) is 109 Å². The van der Waals surface area contributed by atoms with Crippen molar-refractivity contribution in [1.29, 1.82) is 0 Å². The summed E-state index contributed by atoms with van der Waals surface area (Å²) in [6.07, 6.45) is 25.7. The van der Waals surface area contributed by atoms with Crippen LogP contribution in [-0.2, 0) is 16.1 Å². The Bertz CT molecular complexity index is 1020. The fourth-order valence-electron chi connectivity index (χ4n) is 5.33. The Balaban J connectivity index is 0.0000101. The van der Waals surface area contributed by atoms with Gasteiger partial charge in [0.15, 0.2) is 18.9 Å². The van der Waals surface area contributed by atoms with Gasteiger partial charge in [-0.25, -0.2) is 4.57 Å². The lowest BCUT2D eigenvalue weighted by Gasteiger charge is -2.22. The van der Waals surface area contributed by atoms with Crippen molar-refractivity contribution in [2.24, 2.45) is 0 Å². The first-order valence-corrected chi connectivity index (χ1v) is 17.0. The molecule has 0 radical (unpaired) electrons. The van der Waals surface area contributed by atoms with Crippen molar-refractivity contribution in [2.45, 2.75) is 123 Å². The number of aryl methyl sites for hydroxylation is 1. The lowest BCUT2D eigenvalue weighted by Crippen LogP contribution is -2.34. The number of anilines is 1. The standard InChI is InChI=1S/C36H56N2O6.H2O/c1-2-3-4-5-6-7-8-9-10-11-12-13-14-15-16-20-25-43-33-27-32(38(30-35(39)40)31-36(41)42)28-34(29-33)44-26-21-24-37-22-18-17-19-23-37;/h17-19,22-23,27-29H,2-16,20-21,24-26,30-31H2,1H3,(H-,39,40,41,42);1H2. The summed E-state index contributed by atoms with van der Waals surface area (Å²) in [5.41, 5.74) is 0.451. The summed E-state index contributed by atoms with van der Waals surface area (Å²) >= 11 is 0. The van der Waals surface area contributed by atoms with Crippen molar-refractivity contribution in [3.05, 3.63) is 48.8 Å². The predicted molar refractivity (Wildman–Crippen MR) is 178 cm³/mol. The number of nitrogens with zero attached hydrogens (tertiary/aromatic N) is 2. The normalized spacial score (nSPS) is 10.7. The molecule has 0 saturated carbocycles. The molecule has 2 rings (SSSR count). The van der Waals surface area contributed by atoms with Crippen LogP contribution in [0.3, 0.4) is 0 Å². The fraction of sp³-hybridized carbons (Fsp3) is 0.639. The molecule has 1 aromatic heterocycles. The van der Waals surface area contributed by atoms with Crippen LogP contribution in [0.4, 0.5) is 5.69 Å². The minimum absolute atomic E-state index is 0. The highest BCUT2D eigenvalue weighted by atomic mass is 16.5. The molecule has 0 atom stereocenters. The maximum Gasteiger partial charge on any atom is 0.323 e. The van der Waals surface area contributed by atoms with Crippen molar-refractivity contribution in [3.63, 3.8) is 0 Å². The SMILES string of the molecule is CCCCCCCCCCCCCCCCCCOc1cc(OCCC[n+]2ccccc2)cc(N(CC(=O)O)CC(=O)O)c1.[OH-]. The van der Waals surface area contributed by atoms with E-state index in [1.54, 1.807) is 18.2 Å². The van der Waals surface area contributed by atoms with E-state index < -0.39 is 25.0 Å². The van der Waals surface area contributed by atoms with Crippen LogP contribution in [0, 0.1) is 0 Å². The van der Waals surface area contributed by atoms with Crippen LogP contribution in [-0.4, -0.2) is 53.9 Å². The second kappa shape index (κ2) is 25.9. The Morgan fingerprint density at radius 1 is 0.622 bits per heavy atom. The number of carboxylic acids is 2. The first-order valence-electron chi connectivity index (χ1n) is 17.0. The average molecular weight is 631 g/mol. The zero-order valence-electron chi connectivity index (χ0n) is 27.5. The third-order valence-electron chi connectivity index (χ3n) is 7.76. The molecule has 0 aliphatic rings. The molecule has 3 N–H and O–H groups in total. The number of hydrogen-bond donors (Lipinski definition) is 2. The van der Waals surface area contributed by atoms with E-state index in [0.29, 0.717) is 30.4 Å². The van der Waals surface area contributed by atoms with E-state index in [4.69, 9.17) is 9.47 Å². The average Bonchev–Trinajstić information content (AvgIpc) is 3.00. The Hall–Kier alpha value is -3.33. The molecule has 45 heavy (non-hydrogen) atoms. The third kappa shape index (κ3) is 20.3. The van der Waals surface area contributed by atoms with Gasteiger partial charge < -0.3 is 30.1 Å². The molecule has 0 aliphatic carbocycles. The zero-order chi connectivity index (χ0) is 31.7. The molecular weight excluding hydrogens is 572 g/mol. The molecule has 0 unspecified atom stereocenters. The van der Waals surface area contributed by atoms with Gasteiger partial charge in [0, 0.05) is 42.4 Å². The van der Waals surface area contributed by atoms with E-state index in [1.807, 2.05) is 30.6 Å². The molecule has 9 heteroatoms. The molecular formula is C36H58N2O7. The van der Waals surface area contributed by atoms with E-state index in [-0.39, 0.29) is 5.48 Å². The Morgan fingerprint density at radius 2 is 1.04 bits per heavy atom. The summed E-state index contributed by atoms with van der Waals surface area (Å²) in [6, 6.07) is 11.1. The number of carboxylic acid groups (broad SMARTS) is 2. The summed E-state index contributed by atoms with van der Waals surface area (Å²) in [6.45, 7) is 3.21. The van der Waals surface area contributed by atoms with Crippen molar-refractivity contribution in [1.82, 2.24) is 0 Å². The molecule has 0 spiro atoms. The van der Waals surface area contributed by atoms with Gasteiger partial charge in [-0.3, -0.25) is 9.59 Å². The number of pyridine rings is 1. The van der Waals surface area contributed by atoms with Crippen LogP contribution in [0.15, 0.2) is 48.8 Å². The number of unbranched alkanes of at least 4 members (excludes halogenated alkanes) is 15. The Labute approximate surface area is 270 Å². The summed E-state index contributed by atoms with van der Waals surface area (Å²) < 4.78 is 14.1. The Morgan fingerprint density at radius 3 is 1.49 bits per heavy atom. The van der Waals surface area contributed by atoms with Crippen molar-refractivity contribution in [2.75, 3.05) is 31.2 Å². The summed E-state index contributed by atoms with van der Waals surface area (Å²) in [4.78, 5) is 24.2. The van der Waals surface area contributed by atoms with E-state index >= 15 is 0 Å². The van der Waals surface area contributed by atoms with Gasteiger partial charge in [-0.2, -0.15) is 0 Å². The molecule has 9 nitrogen and oxygen atoms in total. The molecule has 0 amide bonds. The van der Waals surface area contributed by atoms with E-state index in [2.05, 4.69) is 11.5 Å². The maximum absolute atomic E-state index is 11.4. The monoisotopic (exact) mass is 630 g/mol. The molecule has 1 aromatic carbocycles. The largest absolute Gasteiger partial charge is 0.870 e. The number of aliphatic carboxylic acids is 2. The van der Waals surface area contributed by atoms with E-state index in [0.717, 1.165) is 25.8 Å². The van der Waals surface area contributed by atoms with Gasteiger partial charge in [-0.15, -0.1) is 0 Å². The second-order valence-corrected chi connectivity index (χ2v) is 11.8. The first kappa shape index (κ1) is 39.7. The number of ether oxygens (including phenoxy) is 2. The lowest BCUT2D eigenvalue weighted by atomic mass is 10.0.